The van der Waals surface area contributed by atoms with Gasteiger partial charge < -0.3 is 14.7 Å². The molecule has 0 N–H and O–H groups in total. The van der Waals surface area contributed by atoms with E-state index in [0.29, 0.717) is 0 Å². The monoisotopic (exact) mass is 341 g/mol. The second kappa shape index (κ2) is 8.55. The van der Waals surface area contributed by atoms with Gasteiger partial charge in [-0.25, -0.2) is 0 Å². The molecule has 3 aliphatic rings. The van der Waals surface area contributed by atoms with Gasteiger partial charge in [-0.2, -0.15) is 0 Å². The van der Waals surface area contributed by atoms with Crippen LogP contribution in [-0.4, -0.2) is 61.7 Å². The van der Waals surface area contributed by atoms with Crippen LogP contribution in [0.25, 0.3) is 0 Å². The highest BCUT2D eigenvalue weighted by molar-refractivity contribution is 5.48. The Kier molecular flexibility index (Phi) is 5.94. The van der Waals surface area contributed by atoms with E-state index in [-0.39, 0.29) is 0 Å². The number of anilines is 1. The van der Waals surface area contributed by atoms with Crippen LogP contribution < -0.4 is 4.90 Å². The maximum atomic E-state index is 2.74. The third-order valence-electron chi connectivity index (χ3n) is 6.59. The van der Waals surface area contributed by atoms with Gasteiger partial charge in [-0.1, -0.05) is 18.6 Å². The van der Waals surface area contributed by atoms with Crippen molar-refractivity contribution in [2.75, 3.05) is 50.7 Å². The molecule has 3 fully saturated rings. The van der Waals surface area contributed by atoms with Gasteiger partial charge in [0.05, 0.1) is 0 Å². The van der Waals surface area contributed by atoms with Crippen molar-refractivity contribution >= 4 is 5.69 Å². The van der Waals surface area contributed by atoms with Crippen molar-refractivity contribution in [3.63, 3.8) is 0 Å². The highest BCUT2D eigenvalue weighted by Gasteiger charge is 2.26. The van der Waals surface area contributed by atoms with Crippen molar-refractivity contribution in [1.29, 1.82) is 0 Å². The number of piperidine rings is 2. The zero-order valence-corrected chi connectivity index (χ0v) is 15.8. The minimum atomic E-state index is 0.850. The summed E-state index contributed by atoms with van der Waals surface area (Å²) in [6.07, 6.45) is 10.9. The van der Waals surface area contributed by atoms with Gasteiger partial charge in [0.25, 0.3) is 0 Å². The summed E-state index contributed by atoms with van der Waals surface area (Å²) < 4.78 is 0. The number of benzene rings is 1. The van der Waals surface area contributed by atoms with Crippen LogP contribution >= 0.6 is 0 Å². The van der Waals surface area contributed by atoms with Crippen molar-refractivity contribution in [3.8, 4) is 0 Å². The number of rotatable bonds is 5. The highest BCUT2D eigenvalue weighted by Crippen LogP contribution is 2.25. The maximum Gasteiger partial charge on any atom is 0.0366 e. The molecule has 3 heterocycles. The van der Waals surface area contributed by atoms with Crippen LogP contribution in [0.2, 0.25) is 0 Å². The fraction of sp³-hybridized carbons (Fsp3) is 0.727. The van der Waals surface area contributed by atoms with Gasteiger partial charge in [0.2, 0.25) is 0 Å². The van der Waals surface area contributed by atoms with E-state index in [1.54, 1.807) is 0 Å². The fourth-order valence-electron chi connectivity index (χ4n) is 4.94. The minimum Gasteiger partial charge on any atom is -0.371 e. The molecule has 0 aromatic heterocycles. The lowest BCUT2D eigenvalue weighted by molar-refractivity contribution is 0.208. The normalized spacial score (nSPS) is 24.1. The van der Waals surface area contributed by atoms with Crippen molar-refractivity contribution in [3.05, 3.63) is 29.8 Å². The average molecular weight is 342 g/mol. The molecular formula is C22H35N3. The predicted molar refractivity (Wildman–Crippen MR) is 106 cm³/mol. The van der Waals surface area contributed by atoms with Crippen LogP contribution in [0.3, 0.4) is 0 Å². The third kappa shape index (κ3) is 4.57. The van der Waals surface area contributed by atoms with Crippen LogP contribution in [0, 0.1) is 0 Å². The summed E-state index contributed by atoms with van der Waals surface area (Å²) in [7, 11) is 0. The zero-order valence-electron chi connectivity index (χ0n) is 15.8. The lowest BCUT2D eigenvalue weighted by Crippen LogP contribution is -2.43. The van der Waals surface area contributed by atoms with Gasteiger partial charge in [-0.05, 0) is 88.8 Å². The molecule has 3 nitrogen and oxygen atoms in total. The van der Waals surface area contributed by atoms with Gasteiger partial charge in [-0.15, -0.1) is 0 Å². The lowest BCUT2D eigenvalue weighted by atomic mass is 10.0. The fourth-order valence-corrected chi connectivity index (χ4v) is 4.94. The Morgan fingerprint density at radius 2 is 1.36 bits per heavy atom. The van der Waals surface area contributed by atoms with E-state index < -0.39 is 0 Å². The van der Waals surface area contributed by atoms with E-state index >= 15 is 0 Å². The predicted octanol–water partition coefficient (Wildman–Crippen LogP) is 3.78. The molecule has 25 heavy (non-hydrogen) atoms. The summed E-state index contributed by atoms with van der Waals surface area (Å²) >= 11 is 0. The minimum absolute atomic E-state index is 0.850. The van der Waals surface area contributed by atoms with Crippen molar-refractivity contribution < 1.29 is 0 Å². The smallest absolute Gasteiger partial charge is 0.0366 e. The molecule has 138 valence electrons. The molecule has 4 rings (SSSR count). The maximum absolute atomic E-state index is 2.74. The summed E-state index contributed by atoms with van der Waals surface area (Å²) in [4.78, 5) is 7.97. The molecule has 0 saturated carbocycles. The Labute approximate surface area is 154 Å². The molecule has 0 bridgehead atoms. The molecule has 1 aromatic carbocycles. The molecule has 0 unspecified atom stereocenters. The Balaban J connectivity index is 1.24. The van der Waals surface area contributed by atoms with Gasteiger partial charge in [0.1, 0.15) is 0 Å². The Morgan fingerprint density at radius 1 is 0.720 bits per heavy atom. The molecule has 0 spiro atoms. The van der Waals surface area contributed by atoms with E-state index in [9.17, 15) is 0 Å². The Morgan fingerprint density at radius 3 is 2.04 bits per heavy atom. The number of hydrogen-bond acceptors (Lipinski definition) is 3. The van der Waals surface area contributed by atoms with Gasteiger partial charge >= 0.3 is 0 Å². The third-order valence-corrected chi connectivity index (χ3v) is 6.59. The van der Waals surface area contributed by atoms with Crippen LogP contribution in [0.1, 0.15) is 50.5 Å². The van der Waals surface area contributed by atoms with E-state index in [1.165, 1.54) is 108 Å². The van der Waals surface area contributed by atoms with Crippen LogP contribution in [-0.2, 0) is 6.42 Å². The first-order chi connectivity index (χ1) is 12.4. The first kappa shape index (κ1) is 17.4. The molecule has 0 aliphatic carbocycles. The van der Waals surface area contributed by atoms with Crippen molar-refractivity contribution in [2.24, 2.45) is 0 Å². The van der Waals surface area contributed by atoms with E-state index in [1.807, 2.05) is 0 Å². The number of nitrogens with zero attached hydrogens (tertiary/aromatic N) is 3. The summed E-state index contributed by atoms with van der Waals surface area (Å²) in [5, 5.41) is 0. The summed E-state index contributed by atoms with van der Waals surface area (Å²) in [5.74, 6) is 0. The van der Waals surface area contributed by atoms with Crippen LogP contribution in [0.4, 0.5) is 5.69 Å². The van der Waals surface area contributed by atoms with E-state index in [4.69, 9.17) is 0 Å². The topological polar surface area (TPSA) is 9.72 Å². The van der Waals surface area contributed by atoms with E-state index in [2.05, 4.69) is 39.0 Å². The standard InChI is InChI=1S/C22H35N3/c1-2-13-23(14-3-1)17-10-20-6-8-21(9-7-20)25-18-11-22(12-19-25)24-15-4-5-16-24/h6-9,22H,1-5,10-19H2. The molecule has 3 aliphatic heterocycles. The number of hydrogen-bond donors (Lipinski definition) is 0. The van der Waals surface area contributed by atoms with Crippen molar-refractivity contribution in [2.45, 2.75) is 57.4 Å². The second-order valence-corrected chi connectivity index (χ2v) is 8.28. The molecular weight excluding hydrogens is 306 g/mol. The first-order valence-electron chi connectivity index (χ1n) is 10.7. The number of likely N-dealkylation sites (tertiary alicyclic amines) is 2. The van der Waals surface area contributed by atoms with E-state index in [0.717, 1.165) is 6.04 Å². The lowest BCUT2D eigenvalue weighted by Gasteiger charge is -2.37. The molecule has 0 radical (unpaired) electrons. The van der Waals surface area contributed by atoms with Crippen LogP contribution in [0.5, 0.6) is 0 Å². The summed E-state index contributed by atoms with van der Waals surface area (Å²) in [6, 6.07) is 10.3. The Hall–Kier alpha value is -1.06. The average Bonchev–Trinajstić information content (AvgIpc) is 3.23. The SMILES string of the molecule is c1cc(N2CCC(N3CCCC3)CC2)ccc1CCN1CCCCC1. The second-order valence-electron chi connectivity index (χ2n) is 8.28. The van der Waals surface area contributed by atoms with Gasteiger partial charge in [0, 0.05) is 31.4 Å². The zero-order chi connectivity index (χ0) is 16.9. The molecule has 3 saturated heterocycles. The molecule has 0 atom stereocenters. The Bertz CT molecular complexity index is 507. The molecule has 1 aromatic rings. The quantitative estimate of drug-likeness (QED) is 0.807. The molecule has 0 amide bonds. The molecule has 3 heteroatoms. The van der Waals surface area contributed by atoms with Gasteiger partial charge in [0.15, 0.2) is 0 Å². The first-order valence-corrected chi connectivity index (χ1v) is 10.7. The largest absolute Gasteiger partial charge is 0.371 e. The van der Waals surface area contributed by atoms with Crippen molar-refractivity contribution in [1.82, 2.24) is 9.80 Å². The summed E-state index contributed by atoms with van der Waals surface area (Å²) in [5.41, 5.74) is 2.93. The van der Waals surface area contributed by atoms with Gasteiger partial charge in [-0.3, -0.25) is 0 Å². The van der Waals surface area contributed by atoms with Crippen LogP contribution in [0.15, 0.2) is 24.3 Å². The highest BCUT2D eigenvalue weighted by atomic mass is 15.2. The summed E-state index contributed by atoms with van der Waals surface area (Å²) in [6.45, 7) is 9.00.